The summed E-state index contributed by atoms with van der Waals surface area (Å²) in [6.07, 6.45) is 0. The number of fused-ring (bicyclic) bond motifs is 1. The molecule has 144 valence electrons. The SMILES string of the molecule is Cc1ccc(NC(=O)N(C)C)cc1C(=O)N[C@H](C)c1cccc2ccccc12. The second-order valence-corrected chi connectivity index (χ2v) is 7.12. The summed E-state index contributed by atoms with van der Waals surface area (Å²) >= 11 is 0. The van der Waals surface area contributed by atoms with Crippen LogP contribution in [0.5, 0.6) is 0 Å². The van der Waals surface area contributed by atoms with Crippen LogP contribution in [0.15, 0.2) is 60.7 Å². The summed E-state index contributed by atoms with van der Waals surface area (Å²) in [6.45, 7) is 3.86. The van der Waals surface area contributed by atoms with E-state index in [9.17, 15) is 9.59 Å². The second kappa shape index (κ2) is 8.13. The van der Waals surface area contributed by atoms with E-state index < -0.39 is 0 Å². The number of hydrogen-bond acceptors (Lipinski definition) is 2. The number of benzene rings is 3. The molecular weight excluding hydrogens is 350 g/mol. The Morgan fingerprint density at radius 1 is 0.964 bits per heavy atom. The van der Waals surface area contributed by atoms with Gasteiger partial charge in [0.25, 0.3) is 5.91 Å². The molecule has 5 heteroatoms. The molecule has 0 aromatic heterocycles. The van der Waals surface area contributed by atoms with Crippen molar-refractivity contribution in [3.63, 3.8) is 0 Å². The summed E-state index contributed by atoms with van der Waals surface area (Å²) in [5, 5.41) is 8.14. The molecule has 0 unspecified atom stereocenters. The van der Waals surface area contributed by atoms with Crippen LogP contribution in [0.2, 0.25) is 0 Å². The quantitative estimate of drug-likeness (QED) is 0.692. The average molecular weight is 375 g/mol. The third-order valence-corrected chi connectivity index (χ3v) is 4.78. The molecule has 0 bridgehead atoms. The Labute approximate surface area is 165 Å². The van der Waals surface area contributed by atoms with E-state index in [1.807, 2.05) is 44.2 Å². The highest BCUT2D eigenvalue weighted by Crippen LogP contribution is 2.25. The number of carbonyl (C=O) groups is 2. The van der Waals surface area contributed by atoms with Crippen molar-refractivity contribution < 1.29 is 9.59 Å². The molecule has 0 radical (unpaired) electrons. The Hall–Kier alpha value is -3.34. The Morgan fingerprint density at radius 3 is 2.43 bits per heavy atom. The van der Waals surface area contributed by atoms with Gasteiger partial charge < -0.3 is 15.5 Å². The van der Waals surface area contributed by atoms with Crippen LogP contribution in [0.3, 0.4) is 0 Å². The fourth-order valence-corrected chi connectivity index (χ4v) is 3.16. The number of rotatable bonds is 4. The molecule has 0 saturated heterocycles. The van der Waals surface area contributed by atoms with Crippen LogP contribution < -0.4 is 10.6 Å². The topological polar surface area (TPSA) is 61.4 Å². The highest BCUT2D eigenvalue weighted by atomic mass is 16.2. The first kappa shape index (κ1) is 19.4. The number of aryl methyl sites for hydroxylation is 1. The minimum Gasteiger partial charge on any atom is -0.345 e. The molecule has 0 spiro atoms. The smallest absolute Gasteiger partial charge is 0.321 e. The van der Waals surface area contributed by atoms with E-state index in [2.05, 4.69) is 28.8 Å². The van der Waals surface area contributed by atoms with Crippen molar-refractivity contribution in [2.24, 2.45) is 0 Å². The fourth-order valence-electron chi connectivity index (χ4n) is 3.16. The number of carbonyl (C=O) groups excluding carboxylic acids is 2. The molecule has 3 aromatic rings. The van der Waals surface area contributed by atoms with Crippen molar-refractivity contribution in [3.8, 4) is 0 Å². The zero-order chi connectivity index (χ0) is 20.3. The van der Waals surface area contributed by atoms with Crippen LogP contribution in [0.25, 0.3) is 10.8 Å². The summed E-state index contributed by atoms with van der Waals surface area (Å²) < 4.78 is 0. The van der Waals surface area contributed by atoms with Gasteiger partial charge in [-0.3, -0.25) is 4.79 Å². The summed E-state index contributed by atoms with van der Waals surface area (Å²) in [7, 11) is 3.34. The molecule has 3 rings (SSSR count). The Morgan fingerprint density at radius 2 is 1.68 bits per heavy atom. The van der Waals surface area contributed by atoms with E-state index in [1.165, 1.54) is 4.90 Å². The molecule has 1 atom stereocenters. The van der Waals surface area contributed by atoms with Gasteiger partial charge in [-0.15, -0.1) is 0 Å². The van der Waals surface area contributed by atoms with Crippen molar-refractivity contribution >= 4 is 28.4 Å². The number of amides is 3. The first-order valence-corrected chi connectivity index (χ1v) is 9.24. The van der Waals surface area contributed by atoms with Crippen molar-refractivity contribution in [1.29, 1.82) is 0 Å². The average Bonchev–Trinajstić information content (AvgIpc) is 2.68. The van der Waals surface area contributed by atoms with E-state index in [-0.39, 0.29) is 18.0 Å². The first-order chi connectivity index (χ1) is 13.4. The van der Waals surface area contributed by atoms with E-state index in [0.29, 0.717) is 11.3 Å². The van der Waals surface area contributed by atoms with Gasteiger partial charge in [0.2, 0.25) is 0 Å². The lowest BCUT2D eigenvalue weighted by Gasteiger charge is -2.18. The highest BCUT2D eigenvalue weighted by molar-refractivity contribution is 5.98. The number of nitrogens with one attached hydrogen (secondary N) is 2. The van der Waals surface area contributed by atoms with Gasteiger partial charge in [-0.2, -0.15) is 0 Å². The third kappa shape index (κ3) is 4.14. The lowest BCUT2D eigenvalue weighted by Crippen LogP contribution is -2.29. The van der Waals surface area contributed by atoms with E-state index >= 15 is 0 Å². The fraction of sp³-hybridized carbons (Fsp3) is 0.217. The molecule has 0 heterocycles. The van der Waals surface area contributed by atoms with Gasteiger partial charge in [-0.05, 0) is 47.9 Å². The lowest BCUT2D eigenvalue weighted by molar-refractivity contribution is 0.0939. The molecular formula is C23H25N3O2. The molecule has 0 fully saturated rings. The van der Waals surface area contributed by atoms with Gasteiger partial charge in [0.15, 0.2) is 0 Å². The zero-order valence-corrected chi connectivity index (χ0v) is 16.6. The minimum absolute atomic E-state index is 0.155. The molecule has 0 aliphatic carbocycles. The van der Waals surface area contributed by atoms with Crippen molar-refractivity contribution in [3.05, 3.63) is 77.4 Å². The summed E-state index contributed by atoms with van der Waals surface area (Å²) in [6, 6.07) is 19.2. The normalized spacial score (nSPS) is 11.7. The molecule has 0 aliphatic heterocycles. The highest BCUT2D eigenvalue weighted by Gasteiger charge is 2.16. The van der Waals surface area contributed by atoms with Gasteiger partial charge >= 0.3 is 6.03 Å². The van der Waals surface area contributed by atoms with Gasteiger partial charge in [0.05, 0.1) is 6.04 Å². The van der Waals surface area contributed by atoms with Gasteiger partial charge in [-0.25, -0.2) is 4.79 Å². The Kier molecular flexibility index (Phi) is 5.64. The standard InChI is InChI=1S/C23H25N3O2/c1-15-12-13-18(25-23(28)26(3)4)14-21(15)22(27)24-16(2)19-11-7-9-17-8-5-6-10-20(17)19/h5-14,16H,1-4H3,(H,24,27)(H,25,28)/t16-/m1/s1. The van der Waals surface area contributed by atoms with Crippen LogP contribution in [-0.4, -0.2) is 30.9 Å². The number of urea groups is 1. The molecule has 0 aliphatic rings. The predicted octanol–water partition coefficient (Wildman–Crippen LogP) is 4.73. The van der Waals surface area contributed by atoms with Crippen LogP contribution >= 0.6 is 0 Å². The Bertz CT molecular complexity index is 1020. The van der Waals surface area contributed by atoms with Gasteiger partial charge in [-0.1, -0.05) is 48.5 Å². The van der Waals surface area contributed by atoms with E-state index in [0.717, 1.165) is 21.9 Å². The molecule has 28 heavy (non-hydrogen) atoms. The summed E-state index contributed by atoms with van der Waals surface area (Å²) in [5.74, 6) is -0.168. The van der Waals surface area contributed by atoms with Crippen LogP contribution in [0.4, 0.5) is 10.5 Å². The second-order valence-electron chi connectivity index (χ2n) is 7.12. The summed E-state index contributed by atoms with van der Waals surface area (Å²) in [4.78, 5) is 26.2. The zero-order valence-electron chi connectivity index (χ0n) is 16.6. The number of anilines is 1. The van der Waals surface area contributed by atoms with E-state index in [1.54, 1.807) is 26.2 Å². The lowest BCUT2D eigenvalue weighted by atomic mass is 9.99. The third-order valence-electron chi connectivity index (χ3n) is 4.78. The number of nitrogens with zero attached hydrogens (tertiary/aromatic N) is 1. The summed E-state index contributed by atoms with van der Waals surface area (Å²) in [5.41, 5.74) is 3.06. The maximum Gasteiger partial charge on any atom is 0.321 e. The molecule has 2 N–H and O–H groups in total. The first-order valence-electron chi connectivity index (χ1n) is 9.24. The van der Waals surface area contributed by atoms with Gasteiger partial charge in [0, 0.05) is 25.3 Å². The largest absolute Gasteiger partial charge is 0.345 e. The maximum absolute atomic E-state index is 12.9. The predicted molar refractivity (Wildman–Crippen MR) is 114 cm³/mol. The van der Waals surface area contributed by atoms with Crippen LogP contribution in [-0.2, 0) is 0 Å². The molecule has 0 saturated carbocycles. The molecule has 3 aromatic carbocycles. The molecule has 3 amide bonds. The minimum atomic E-state index is -0.237. The van der Waals surface area contributed by atoms with E-state index in [4.69, 9.17) is 0 Å². The maximum atomic E-state index is 12.9. The number of hydrogen-bond donors (Lipinski definition) is 2. The molecule has 5 nitrogen and oxygen atoms in total. The van der Waals surface area contributed by atoms with Crippen LogP contribution in [0.1, 0.15) is 34.5 Å². The Balaban J connectivity index is 1.83. The van der Waals surface area contributed by atoms with Crippen molar-refractivity contribution in [2.45, 2.75) is 19.9 Å². The van der Waals surface area contributed by atoms with Crippen LogP contribution in [0, 0.1) is 6.92 Å². The monoisotopic (exact) mass is 375 g/mol. The van der Waals surface area contributed by atoms with Crippen molar-refractivity contribution in [2.75, 3.05) is 19.4 Å². The van der Waals surface area contributed by atoms with Gasteiger partial charge in [0.1, 0.15) is 0 Å². The van der Waals surface area contributed by atoms with Crippen molar-refractivity contribution in [1.82, 2.24) is 10.2 Å².